The largest absolute Gasteiger partial charge is 0.493 e. The van der Waals surface area contributed by atoms with E-state index in [1.807, 2.05) is 20.8 Å². The highest BCUT2D eigenvalue weighted by molar-refractivity contribution is 5.95. The van der Waals surface area contributed by atoms with Gasteiger partial charge in [0.25, 0.3) is 5.91 Å². The van der Waals surface area contributed by atoms with Gasteiger partial charge in [-0.05, 0) is 24.0 Å². The summed E-state index contributed by atoms with van der Waals surface area (Å²) in [7, 11) is 4.51. The monoisotopic (exact) mass is 325 g/mol. The number of aliphatic hydroxyl groups is 1. The fourth-order valence-electron chi connectivity index (χ4n) is 2.07. The Kier molecular flexibility index (Phi) is 6.69. The predicted octanol–water partition coefficient (Wildman–Crippen LogP) is 2.24. The topological polar surface area (TPSA) is 77.0 Å². The zero-order valence-electron chi connectivity index (χ0n) is 14.7. The van der Waals surface area contributed by atoms with Gasteiger partial charge in [0.05, 0.1) is 27.4 Å². The first-order valence-corrected chi connectivity index (χ1v) is 7.50. The molecule has 0 aromatic heterocycles. The molecule has 0 aliphatic carbocycles. The molecule has 0 bridgehead atoms. The molecule has 1 aromatic carbocycles. The lowest BCUT2D eigenvalue weighted by Crippen LogP contribution is -2.32. The van der Waals surface area contributed by atoms with E-state index in [1.54, 1.807) is 12.1 Å². The fourth-order valence-corrected chi connectivity index (χ4v) is 2.07. The normalized spacial score (nSPS) is 12.5. The van der Waals surface area contributed by atoms with Gasteiger partial charge in [-0.25, -0.2) is 0 Å². The van der Waals surface area contributed by atoms with E-state index in [0.717, 1.165) is 0 Å². The number of ether oxygens (including phenoxy) is 3. The van der Waals surface area contributed by atoms with Gasteiger partial charge in [-0.2, -0.15) is 0 Å². The van der Waals surface area contributed by atoms with Crippen LogP contribution in [0.2, 0.25) is 0 Å². The summed E-state index contributed by atoms with van der Waals surface area (Å²) in [4.78, 5) is 12.3. The highest BCUT2D eigenvalue weighted by Gasteiger charge is 2.22. The van der Waals surface area contributed by atoms with Crippen LogP contribution in [0.5, 0.6) is 17.2 Å². The summed E-state index contributed by atoms with van der Waals surface area (Å²) in [5.41, 5.74) is 0.196. The van der Waals surface area contributed by atoms with E-state index >= 15 is 0 Å². The minimum Gasteiger partial charge on any atom is -0.493 e. The van der Waals surface area contributed by atoms with Crippen LogP contribution >= 0.6 is 0 Å². The minimum absolute atomic E-state index is 0.211. The van der Waals surface area contributed by atoms with Gasteiger partial charge in [0.2, 0.25) is 5.75 Å². The zero-order chi connectivity index (χ0) is 17.6. The molecule has 6 heteroatoms. The molecule has 0 saturated carbocycles. The van der Waals surface area contributed by atoms with Crippen molar-refractivity contribution < 1.29 is 24.1 Å². The Bertz CT molecular complexity index is 511. The first kappa shape index (κ1) is 19.1. The lowest BCUT2D eigenvalue weighted by molar-refractivity contribution is 0.0551. The molecule has 0 aliphatic rings. The van der Waals surface area contributed by atoms with Gasteiger partial charge in [0.15, 0.2) is 11.5 Å². The summed E-state index contributed by atoms with van der Waals surface area (Å²) in [6, 6.07) is 3.19. The molecule has 0 spiro atoms. The average molecular weight is 325 g/mol. The lowest BCUT2D eigenvalue weighted by atomic mass is 9.87. The Labute approximate surface area is 137 Å². The number of aliphatic hydroxyl groups excluding tert-OH is 1. The summed E-state index contributed by atoms with van der Waals surface area (Å²) >= 11 is 0. The van der Waals surface area contributed by atoms with Crippen LogP contribution in [0.4, 0.5) is 0 Å². The minimum atomic E-state index is -0.484. The SMILES string of the molecule is COc1cc(C(=O)NCC[C@@H](O)C(C)(C)C)cc(OC)c1OC. The fraction of sp³-hybridized carbons (Fsp3) is 0.588. The van der Waals surface area contributed by atoms with Crippen LogP contribution in [-0.2, 0) is 0 Å². The van der Waals surface area contributed by atoms with Crippen LogP contribution in [-0.4, -0.2) is 45.0 Å². The molecule has 23 heavy (non-hydrogen) atoms. The van der Waals surface area contributed by atoms with Crippen molar-refractivity contribution in [3.05, 3.63) is 17.7 Å². The molecule has 0 aliphatic heterocycles. The maximum Gasteiger partial charge on any atom is 0.251 e. The summed E-state index contributed by atoms with van der Waals surface area (Å²) in [6.45, 7) is 6.25. The quantitative estimate of drug-likeness (QED) is 0.804. The van der Waals surface area contributed by atoms with E-state index in [-0.39, 0.29) is 11.3 Å². The molecule has 2 N–H and O–H groups in total. The van der Waals surface area contributed by atoms with Crippen LogP contribution in [0.15, 0.2) is 12.1 Å². The number of nitrogens with one attached hydrogen (secondary N) is 1. The van der Waals surface area contributed by atoms with Gasteiger partial charge in [0.1, 0.15) is 0 Å². The van der Waals surface area contributed by atoms with Crippen molar-refractivity contribution >= 4 is 5.91 Å². The molecule has 1 amide bonds. The number of hydrogen-bond donors (Lipinski definition) is 2. The third-order valence-electron chi connectivity index (χ3n) is 3.63. The highest BCUT2D eigenvalue weighted by atomic mass is 16.5. The molecule has 0 unspecified atom stereocenters. The number of methoxy groups -OCH3 is 3. The van der Waals surface area contributed by atoms with Crippen molar-refractivity contribution in [2.24, 2.45) is 5.41 Å². The van der Waals surface area contributed by atoms with Crippen LogP contribution in [0.25, 0.3) is 0 Å². The van der Waals surface area contributed by atoms with Gasteiger partial charge in [-0.15, -0.1) is 0 Å². The second-order valence-corrected chi connectivity index (χ2v) is 6.34. The van der Waals surface area contributed by atoms with Crippen molar-refractivity contribution in [1.82, 2.24) is 5.32 Å². The van der Waals surface area contributed by atoms with Crippen molar-refractivity contribution in [2.45, 2.75) is 33.3 Å². The van der Waals surface area contributed by atoms with Crippen molar-refractivity contribution in [1.29, 1.82) is 0 Å². The Hall–Kier alpha value is -1.95. The molecule has 0 heterocycles. The van der Waals surface area contributed by atoms with Gasteiger partial charge < -0.3 is 24.6 Å². The molecule has 0 radical (unpaired) electrons. The molecule has 1 rings (SSSR count). The Morgan fingerprint density at radius 3 is 2.04 bits per heavy atom. The maximum atomic E-state index is 12.3. The molecular formula is C17H27NO5. The zero-order valence-corrected chi connectivity index (χ0v) is 14.7. The number of amides is 1. The van der Waals surface area contributed by atoms with E-state index in [4.69, 9.17) is 14.2 Å². The van der Waals surface area contributed by atoms with Gasteiger partial charge in [-0.1, -0.05) is 20.8 Å². The molecule has 0 saturated heterocycles. The maximum absolute atomic E-state index is 12.3. The van der Waals surface area contributed by atoms with Crippen molar-refractivity contribution in [2.75, 3.05) is 27.9 Å². The third-order valence-corrected chi connectivity index (χ3v) is 3.63. The molecule has 1 atom stereocenters. The Balaban J connectivity index is 2.80. The summed E-state index contributed by atoms with van der Waals surface area (Å²) in [6.07, 6.45) is 0.00220. The molecular weight excluding hydrogens is 298 g/mol. The van der Waals surface area contributed by atoms with E-state index in [9.17, 15) is 9.90 Å². The van der Waals surface area contributed by atoms with Crippen LogP contribution in [0.1, 0.15) is 37.6 Å². The van der Waals surface area contributed by atoms with Crippen molar-refractivity contribution in [3.63, 3.8) is 0 Å². The van der Waals surface area contributed by atoms with Gasteiger partial charge in [-0.3, -0.25) is 4.79 Å². The van der Waals surface area contributed by atoms with Crippen LogP contribution < -0.4 is 19.5 Å². The molecule has 1 aromatic rings. The highest BCUT2D eigenvalue weighted by Crippen LogP contribution is 2.38. The van der Waals surface area contributed by atoms with Crippen LogP contribution in [0, 0.1) is 5.41 Å². The number of rotatable bonds is 7. The average Bonchev–Trinajstić information content (AvgIpc) is 2.51. The second kappa shape index (κ2) is 8.06. The third kappa shape index (κ3) is 5.03. The standard InChI is InChI=1S/C17H27NO5/c1-17(2,3)14(19)7-8-18-16(20)11-9-12(21-4)15(23-6)13(10-11)22-5/h9-10,14,19H,7-8H2,1-6H3,(H,18,20)/t14-/m1/s1. The Morgan fingerprint density at radius 2 is 1.65 bits per heavy atom. The molecule has 6 nitrogen and oxygen atoms in total. The summed E-state index contributed by atoms with van der Waals surface area (Å²) < 4.78 is 15.7. The lowest BCUT2D eigenvalue weighted by Gasteiger charge is -2.25. The predicted molar refractivity (Wildman–Crippen MR) is 88.5 cm³/mol. The molecule has 130 valence electrons. The van der Waals surface area contributed by atoms with Crippen molar-refractivity contribution in [3.8, 4) is 17.2 Å². The number of benzene rings is 1. The Morgan fingerprint density at radius 1 is 1.13 bits per heavy atom. The summed E-state index contributed by atoms with van der Waals surface area (Å²) in [5, 5.41) is 12.8. The van der Waals surface area contributed by atoms with Gasteiger partial charge in [0, 0.05) is 12.1 Å². The first-order chi connectivity index (χ1) is 10.7. The second-order valence-electron chi connectivity index (χ2n) is 6.34. The van der Waals surface area contributed by atoms with E-state index in [1.165, 1.54) is 21.3 Å². The number of carbonyl (C=O) groups excluding carboxylic acids is 1. The molecule has 0 fully saturated rings. The van der Waals surface area contributed by atoms with E-state index < -0.39 is 6.10 Å². The number of hydrogen-bond acceptors (Lipinski definition) is 5. The first-order valence-electron chi connectivity index (χ1n) is 7.50. The number of carbonyl (C=O) groups is 1. The van der Waals surface area contributed by atoms with Crippen LogP contribution in [0.3, 0.4) is 0 Å². The smallest absolute Gasteiger partial charge is 0.251 e. The van der Waals surface area contributed by atoms with E-state index in [2.05, 4.69) is 5.32 Å². The van der Waals surface area contributed by atoms with E-state index in [0.29, 0.717) is 35.8 Å². The van der Waals surface area contributed by atoms with Gasteiger partial charge >= 0.3 is 0 Å². The summed E-state index contributed by atoms with van der Waals surface area (Å²) in [5.74, 6) is 1.03.